The number of hydrogen-bond acceptors (Lipinski definition) is 2. The van der Waals surface area contributed by atoms with E-state index in [0.717, 1.165) is 6.42 Å². The third-order valence-electron chi connectivity index (χ3n) is 1.61. The van der Waals surface area contributed by atoms with Crippen LogP contribution in [0.25, 0.3) is 0 Å². The Bertz CT molecular complexity index is 124. The number of alkyl halides is 1. The molecule has 0 saturated heterocycles. The monoisotopic (exact) mass is 148 g/mol. The molecule has 1 rings (SSSR count). The molecule has 0 aromatic carbocycles. The van der Waals surface area contributed by atoms with E-state index in [1.54, 1.807) is 0 Å². The zero-order valence-electron chi connectivity index (χ0n) is 5.26. The molecule has 1 saturated carbocycles. The molecule has 2 atom stereocenters. The van der Waals surface area contributed by atoms with E-state index in [0.29, 0.717) is 5.92 Å². The molecule has 3 heteroatoms. The van der Waals surface area contributed by atoms with Crippen LogP contribution in [0.3, 0.4) is 0 Å². The Morgan fingerprint density at radius 1 is 1.89 bits per heavy atom. The molecule has 0 N–H and O–H groups in total. The van der Waals surface area contributed by atoms with E-state index >= 15 is 0 Å². The van der Waals surface area contributed by atoms with Gasteiger partial charge in [0.25, 0.3) is 0 Å². The van der Waals surface area contributed by atoms with Crippen molar-refractivity contribution >= 4 is 17.6 Å². The quantitative estimate of drug-likeness (QED) is 0.437. The van der Waals surface area contributed by atoms with Gasteiger partial charge in [-0.2, -0.15) is 0 Å². The lowest BCUT2D eigenvalue weighted by Crippen LogP contribution is -2.05. The smallest absolute Gasteiger partial charge is 0.310 e. The summed E-state index contributed by atoms with van der Waals surface area (Å²) >= 11 is 5.17. The summed E-state index contributed by atoms with van der Waals surface area (Å²) in [5, 5.41) is 0. The molecule has 1 fully saturated rings. The highest BCUT2D eigenvalue weighted by atomic mass is 35.5. The molecule has 0 aromatic heterocycles. The normalized spacial score (nSPS) is 31.8. The second-order valence-corrected chi connectivity index (χ2v) is 2.61. The number of hydrogen-bond donors (Lipinski definition) is 0. The van der Waals surface area contributed by atoms with Gasteiger partial charge in [0.05, 0.1) is 5.92 Å². The molecule has 2 nitrogen and oxygen atoms in total. The zero-order chi connectivity index (χ0) is 6.85. The Morgan fingerprint density at radius 2 is 2.44 bits per heavy atom. The SMILES string of the molecule is CC1CC1C(=O)OCCl. The molecule has 0 radical (unpaired) electrons. The first-order valence-corrected chi connectivity index (χ1v) is 3.51. The van der Waals surface area contributed by atoms with Crippen LogP contribution in [0, 0.1) is 11.8 Å². The minimum absolute atomic E-state index is 0.0119. The van der Waals surface area contributed by atoms with Gasteiger partial charge in [0.15, 0.2) is 6.07 Å². The molecule has 0 heterocycles. The van der Waals surface area contributed by atoms with Gasteiger partial charge in [0, 0.05) is 0 Å². The van der Waals surface area contributed by atoms with Crippen molar-refractivity contribution in [2.24, 2.45) is 11.8 Å². The summed E-state index contributed by atoms with van der Waals surface area (Å²) < 4.78 is 4.56. The van der Waals surface area contributed by atoms with Crippen molar-refractivity contribution in [3.8, 4) is 0 Å². The molecule has 9 heavy (non-hydrogen) atoms. The van der Waals surface area contributed by atoms with Gasteiger partial charge in [-0.15, -0.1) is 0 Å². The van der Waals surface area contributed by atoms with Crippen molar-refractivity contribution in [1.29, 1.82) is 0 Å². The van der Waals surface area contributed by atoms with Gasteiger partial charge in [-0.05, 0) is 12.3 Å². The van der Waals surface area contributed by atoms with Gasteiger partial charge in [0.1, 0.15) is 0 Å². The van der Waals surface area contributed by atoms with Gasteiger partial charge >= 0.3 is 5.97 Å². The van der Waals surface area contributed by atoms with E-state index in [9.17, 15) is 4.79 Å². The Kier molecular flexibility index (Phi) is 1.96. The third kappa shape index (κ3) is 1.58. The first-order valence-electron chi connectivity index (χ1n) is 2.98. The van der Waals surface area contributed by atoms with Crippen LogP contribution < -0.4 is 0 Å². The maximum atomic E-state index is 10.7. The van der Waals surface area contributed by atoms with E-state index in [2.05, 4.69) is 4.74 Å². The highest BCUT2D eigenvalue weighted by Gasteiger charge is 2.40. The molecule has 2 unspecified atom stereocenters. The van der Waals surface area contributed by atoms with Crippen LogP contribution in [0.1, 0.15) is 13.3 Å². The average molecular weight is 149 g/mol. The van der Waals surface area contributed by atoms with Gasteiger partial charge in [-0.25, -0.2) is 0 Å². The van der Waals surface area contributed by atoms with Crippen molar-refractivity contribution in [3.63, 3.8) is 0 Å². The van der Waals surface area contributed by atoms with Crippen molar-refractivity contribution in [3.05, 3.63) is 0 Å². The molecular formula is C6H9ClO2. The Hall–Kier alpha value is -0.240. The molecule has 1 aliphatic rings. The lowest BCUT2D eigenvalue weighted by molar-refractivity contribution is -0.143. The summed E-state index contributed by atoms with van der Waals surface area (Å²) in [6.07, 6.45) is 0.968. The Morgan fingerprint density at radius 3 is 2.78 bits per heavy atom. The van der Waals surface area contributed by atoms with Crippen LogP contribution in [0.2, 0.25) is 0 Å². The summed E-state index contributed by atoms with van der Waals surface area (Å²) in [6, 6.07) is -0.0119. The van der Waals surface area contributed by atoms with Crippen LogP contribution in [0.5, 0.6) is 0 Å². The molecule has 1 aliphatic carbocycles. The number of ether oxygens (including phenoxy) is 1. The van der Waals surface area contributed by atoms with Gasteiger partial charge in [-0.1, -0.05) is 18.5 Å². The largest absolute Gasteiger partial charge is 0.449 e. The minimum atomic E-state index is -0.141. The van der Waals surface area contributed by atoms with Crippen LogP contribution in [-0.2, 0) is 9.53 Å². The lowest BCUT2D eigenvalue weighted by atomic mass is 10.3. The topological polar surface area (TPSA) is 26.3 Å². The van der Waals surface area contributed by atoms with Crippen LogP contribution in [-0.4, -0.2) is 12.0 Å². The first kappa shape index (κ1) is 6.87. The second kappa shape index (κ2) is 2.56. The lowest BCUT2D eigenvalue weighted by Gasteiger charge is -1.95. The van der Waals surface area contributed by atoms with Crippen molar-refractivity contribution in [2.45, 2.75) is 13.3 Å². The Balaban J connectivity index is 2.20. The number of rotatable bonds is 2. The number of carbonyl (C=O) groups excluding carboxylic acids is 1. The van der Waals surface area contributed by atoms with Crippen LogP contribution >= 0.6 is 11.6 Å². The second-order valence-electron chi connectivity index (χ2n) is 2.39. The fourth-order valence-corrected chi connectivity index (χ4v) is 0.919. The van der Waals surface area contributed by atoms with Crippen molar-refractivity contribution < 1.29 is 9.53 Å². The number of halogens is 1. The van der Waals surface area contributed by atoms with Gasteiger partial charge < -0.3 is 4.74 Å². The van der Waals surface area contributed by atoms with E-state index in [4.69, 9.17) is 11.6 Å². The summed E-state index contributed by atoms with van der Waals surface area (Å²) in [4.78, 5) is 10.7. The third-order valence-corrected chi connectivity index (χ3v) is 1.72. The van der Waals surface area contributed by atoms with E-state index in [1.165, 1.54) is 0 Å². The summed E-state index contributed by atoms with van der Waals surface area (Å²) in [7, 11) is 0. The summed E-state index contributed by atoms with van der Waals surface area (Å²) in [5.41, 5.74) is 0. The molecule has 52 valence electrons. The van der Waals surface area contributed by atoms with Gasteiger partial charge in [-0.3, -0.25) is 4.79 Å². The maximum Gasteiger partial charge on any atom is 0.310 e. The minimum Gasteiger partial charge on any atom is -0.449 e. The molecule has 0 bridgehead atoms. The molecule has 0 aliphatic heterocycles. The van der Waals surface area contributed by atoms with E-state index < -0.39 is 0 Å². The standard InChI is InChI=1S/C6H9ClO2/c1-4-2-5(4)6(8)9-3-7/h4-5H,2-3H2,1H3. The van der Waals surface area contributed by atoms with E-state index in [-0.39, 0.29) is 18.0 Å². The van der Waals surface area contributed by atoms with Gasteiger partial charge in [0.2, 0.25) is 0 Å². The van der Waals surface area contributed by atoms with Crippen LogP contribution in [0.4, 0.5) is 0 Å². The fraction of sp³-hybridized carbons (Fsp3) is 0.833. The summed E-state index contributed by atoms with van der Waals surface area (Å²) in [5.74, 6) is 0.516. The number of esters is 1. The molecular weight excluding hydrogens is 140 g/mol. The average Bonchev–Trinajstić information content (AvgIpc) is 2.47. The highest BCUT2D eigenvalue weighted by molar-refractivity contribution is 6.17. The highest BCUT2D eigenvalue weighted by Crippen LogP contribution is 2.38. The predicted molar refractivity (Wildman–Crippen MR) is 34.1 cm³/mol. The van der Waals surface area contributed by atoms with Crippen LogP contribution in [0.15, 0.2) is 0 Å². The fourth-order valence-electron chi connectivity index (χ4n) is 0.811. The maximum absolute atomic E-state index is 10.7. The molecule has 0 aromatic rings. The summed E-state index contributed by atoms with van der Waals surface area (Å²) in [6.45, 7) is 2.03. The zero-order valence-corrected chi connectivity index (χ0v) is 6.02. The molecule has 0 spiro atoms. The predicted octanol–water partition coefficient (Wildman–Crippen LogP) is 1.38. The Labute approximate surface area is 59.1 Å². The molecule has 0 amide bonds. The van der Waals surface area contributed by atoms with Crippen molar-refractivity contribution in [1.82, 2.24) is 0 Å². The first-order chi connectivity index (χ1) is 4.25. The van der Waals surface area contributed by atoms with E-state index in [1.807, 2.05) is 6.92 Å². The number of carbonyl (C=O) groups is 1. The van der Waals surface area contributed by atoms with Crippen molar-refractivity contribution in [2.75, 3.05) is 6.07 Å².